The van der Waals surface area contributed by atoms with Crippen molar-refractivity contribution in [1.82, 2.24) is 0 Å². The van der Waals surface area contributed by atoms with Crippen molar-refractivity contribution in [1.29, 1.82) is 0 Å². The molecule has 2 rings (SSSR count). The monoisotopic (exact) mass is 236 g/mol. The Labute approximate surface area is 104 Å². The predicted molar refractivity (Wildman–Crippen MR) is 69.5 cm³/mol. The summed E-state index contributed by atoms with van der Waals surface area (Å²) in [5.74, 6) is 0.734. The van der Waals surface area contributed by atoms with E-state index in [4.69, 9.17) is 0 Å². The molecule has 0 bridgehead atoms. The first-order valence-corrected chi connectivity index (χ1v) is 6.56. The Kier molecular flexibility index (Phi) is 3.21. The van der Waals surface area contributed by atoms with Crippen LogP contribution in [0.3, 0.4) is 0 Å². The van der Waals surface area contributed by atoms with Gasteiger partial charge in [-0.2, -0.15) is 0 Å². The van der Waals surface area contributed by atoms with Crippen LogP contribution >= 0.6 is 0 Å². The second kappa shape index (κ2) is 4.25. The van der Waals surface area contributed by atoms with Crippen LogP contribution in [0.25, 0.3) is 0 Å². The molecular weight excluding hydrogens is 212 g/mol. The zero-order chi connectivity index (χ0) is 12.8. The summed E-state index contributed by atoms with van der Waals surface area (Å²) in [6, 6.07) is 0. The molecule has 0 aromatic heterocycles. The topological polar surface area (TPSA) is 40.5 Å². The SMILES string of the molecule is C=C1C[C@@H](O)C=C(C)[C@H]2[C@H]1CC[C@@H](O)C2(C)C. The molecule has 96 valence electrons. The summed E-state index contributed by atoms with van der Waals surface area (Å²) in [7, 11) is 0. The molecule has 17 heavy (non-hydrogen) atoms. The third kappa shape index (κ3) is 2.09. The summed E-state index contributed by atoms with van der Waals surface area (Å²) in [6.45, 7) is 10.5. The lowest BCUT2D eigenvalue weighted by atomic mass is 9.58. The number of fused-ring (bicyclic) bond motifs is 1. The maximum Gasteiger partial charge on any atom is 0.0760 e. The van der Waals surface area contributed by atoms with Gasteiger partial charge < -0.3 is 10.2 Å². The minimum absolute atomic E-state index is 0.128. The second-order valence-electron chi connectivity index (χ2n) is 6.34. The van der Waals surface area contributed by atoms with E-state index in [1.165, 1.54) is 5.57 Å². The Morgan fingerprint density at radius 3 is 2.59 bits per heavy atom. The smallest absolute Gasteiger partial charge is 0.0760 e. The van der Waals surface area contributed by atoms with Gasteiger partial charge >= 0.3 is 0 Å². The zero-order valence-corrected chi connectivity index (χ0v) is 11.1. The molecule has 0 amide bonds. The van der Waals surface area contributed by atoms with Crippen LogP contribution in [0.15, 0.2) is 23.8 Å². The average molecular weight is 236 g/mol. The molecule has 0 spiro atoms. The van der Waals surface area contributed by atoms with Gasteiger partial charge in [0.05, 0.1) is 12.2 Å². The van der Waals surface area contributed by atoms with Gasteiger partial charge in [0.25, 0.3) is 0 Å². The molecule has 0 saturated heterocycles. The molecule has 2 aliphatic carbocycles. The van der Waals surface area contributed by atoms with Crippen LogP contribution in [-0.2, 0) is 0 Å². The summed E-state index contributed by atoms with van der Waals surface area (Å²) in [5, 5.41) is 20.1. The Bertz CT molecular complexity index is 354. The fourth-order valence-corrected chi connectivity index (χ4v) is 3.83. The summed E-state index contributed by atoms with van der Waals surface area (Å²) >= 11 is 0. The van der Waals surface area contributed by atoms with Crippen LogP contribution in [0.2, 0.25) is 0 Å². The Morgan fingerprint density at radius 2 is 1.94 bits per heavy atom. The van der Waals surface area contributed by atoms with E-state index < -0.39 is 6.10 Å². The van der Waals surface area contributed by atoms with E-state index in [1.807, 2.05) is 6.08 Å². The number of allylic oxidation sites excluding steroid dienone is 1. The van der Waals surface area contributed by atoms with Crippen LogP contribution in [0.4, 0.5) is 0 Å². The zero-order valence-electron chi connectivity index (χ0n) is 11.1. The van der Waals surface area contributed by atoms with Gasteiger partial charge in [-0.05, 0) is 43.4 Å². The molecule has 2 heteroatoms. The lowest BCUT2D eigenvalue weighted by molar-refractivity contribution is -0.0355. The van der Waals surface area contributed by atoms with Crippen molar-refractivity contribution in [3.05, 3.63) is 23.8 Å². The number of aliphatic hydroxyl groups excluding tert-OH is 2. The molecule has 0 aromatic carbocycles. The van der Waals surface area contributed by atoms with E-state index in [0.717, 1.165) is 18.4 Å². The molecule has 2 nitrogen and oxygen atoms in total. The van der Waals surface area contributed by atoms with E-state index in [2.05, 4.69) is 27.4 Å². The normalized spacial score (nSPS) is 41.5. The first-order valence-electron chi connectivity index (χ1n) is 6.56. The molecule has 4 atom stereocenters. The largest absolute Gasteiger partial charge is 0.393 e. The molecule has 0 unspecified atom stereocenters. The van der Waals surface area contributed by atoms with E-state index in [0.29, 0.717) is 18.3 Å². The highest BCUT2D eigenvalue weighted by molar-refractivity contribution is 5.24. The third-order valence-electron chi connectivity index (χ3n) is 4.76. The third-order valence-corrected chi connectivity index (χ3v) is 4.76. The minimum atomic E-state index is -0.402. The van der Waals surface area contributed by atoms with Crippen molar-refractivity contribution in [2.24, 2.45) is 17.3 Å². The maximum atomic E-state index is 10.2. The summed E-state index contributed by atoms with van der Waals surface area (Å²) in [5.41, 5.74) is 2.23. The molecule has 1 saturated carbocycles. The molecule has 2 N–H and O–H groups in total. The standard InChI is InChI=1S/C15H24O2/c1-9-7-11(16)8-10(2)14-12(9)5-6-13(17)15(14,3)4/h8,11-14,16-17H,1,5-7H2,2-4H3/t11-,12+,13-,14+/m1/s1. The predicted octanol–water partition coefficient (Wildman–Crippen LogP) is 2.67. The first-order chi connectivity index (χ1) is 7.84. The number of aliphatic hydroxyl groups is 2. The van der Waals surface area contributed by atoms with Gasteiger partial charge in [0.15, 0.2) is 0 Å². The van der Waals surface area contributed by atoms with Crippen LogP contribution in [0.5, 0.6) is 0 Å². The fourth-order valence-electron chi connectivity index (χ4n) is 3.83. The van der Waals surface area contributed by atoms with Crippen LogP contribution in [0, 0.1) is 17.3 Å². The van der Waals surface area contributed by atoms with Gasteiger partial charge in [-0.25, -0.2) is 0 Å². The Balaban J connectivity index is 2.42. The van der Waals surface area contributed by atoms with Crippen molar-refractivity contribution in [3.63, 3.8) is 0 Å². The molecule has 1 fully saturated rings. The minimum Gasteiger partial charge on any atom is -0.393 e. The van der Waals surface area contributed by atoms with Crippen molar-refractivity contribution in [2.75, 3.05) is 0 Å². The van der Waals surface area contributed by atoms with E-state index >= 15 is 0 Å². The van der Waals surface area contributed by atoms with Crippen molar-refractivity contribution in [3.8, 4) is 0 Å². The van der Waals surface area contributed by atoms with Gasteiger partial charge in [0.2, 0.25) is 0 Å². The van der Waals surface area contributed by atoms with Crippen molar-refractivity contribution >= 4 is 0 Å². The molecule has 0 heterocycles. The van der Waals surface area contributed by atoms with E-state index in [-0.39, 0.29) is 11.5 Å². The van der Waals surface area contributed by atoms with Gasteiger partial charge in [-0.15, -0.1) is 0 Å². The number of hydrogen-bond acceptors (Lipinski definition) is 2. The van der Waals surface area contributed by atoms with Gasteiger partial charge in [0, 0.05) is 0 Å². The Morgan fingerprint density at radius 1 is 1.29 bits per heavy atom. The van der Waals surface area contributed by atoms with Crippen LogP contribution in [-0.4, -0.2) is 22.4 Å². The van der Waals surface area contributed by atoms with E-state index in [1.54, 1.807) is 0 Å². The average Bonchev–Trinajstić information content (AvgIpc) is 2.30. The summed E-state index contributed by atoms with van der Waals surface area (Å²) in [6.07, 6.45) is 3.80. The van der Waals surface area contributed by atoms with Crippen LogP contribution in [0.1, 0.15) is 40.0 Å². The van der Waals surface area contributed by atoms with Gasteiger partial charge in [-0.3, -0.25) is 0 Å². The lowest BCUT2D eigenvalue weighted by Crippen LogP contribution is -2.45. The highest BCUT2D eigenvalue weighted by atomic mass is 16.3. The van der Waals surface area contributed by atoms with E-state index in [9.17, 15) is 10.2 Å². The molecule has 0 aliphatic heterocycles. The molecule has 0 aromatic rings. The Hall–Kier alpha value is -0.600. The van der Waals surface area contributed by atoms with Gasteiger partial charge in [0.1, 0.15) is 0 Å². The van der Waals surface area contributed by atoms with Gasteiger partial charge in [-0.1, -0.05) is 37.6 Å². The fraction of sp³-hybridized carbons (Fsp3) is 0.733. The molecule has 0 radical (unpaired) electrons. The lowest BCUT2D eigenvalue weighted by Gasteiger charge is -2.48. The maximum absolute atomic E-state index is 10.2. The van der Waals surface area contributed by atoms with Crippen LogP contribution < -0.4 is 0 Å². The number of rotatable bonds is 0. The second-order valence-corrected chi connectivity index (χ2v) is 6.34. The quantitative estimate of drug-likeness (QED) is 0.635. The first kappa shape index (κ1) is 12.8. The van der Waals surface area contributed by atoms with Crippen molar-refractivity contribution in [2.45, 2.75) is 52.2 Å². The summed E-state index contributed by atoms with van der Waals surface area (Å²) in [4.78, 5) is 0. The molecule has 2 aliphatic rings. The highest BCUT2D eigenvalue weighted by Crippen LogP contribution is 2.51. The summed E-state index contributed by atoms with van der Waals surface area (Å²) < 4.78 is 0. The number of hydrogen-bond donors (Lipinski definition) is 2. The highest BCUT2D eigenvalue weighted by Gasteiger charge is 2.47. The van der Waals surface area contributed by atoms with Crippen molar-refractivity contribution < 1.29 is 10.2 Å². The molecular formula is C15H24O2.